The fourth-order valence-corrected chi connectivity index (χ4v) is 1.88. The molecule has 2 aromatic rings. The second-order valence-corrected chi connectivity index (χ2v) is 4.89. The van der Waals surface area contributed by atoms with Crippen molar-refractivity contribution in [2.24, 2.45) is 0 Å². The summed E-state index contributed by atoms with van der Waals surface area (Å²) in [6.07, 6.45) is 6.01. The van der Waals surface area contributed by atoms with Crippen LogP contribution in [0.4, 0.5) is 5.82 Å². The molecule has 1 N–H and O–H groups in total. The molecule has 0 saturated carbocycles. The molecule has 0 saturated heterocycles. The van der Waals surface area contributed by atoms with Crippen LogP contribution in [0.1, 0.15) is 19.0 Å². The first-order chi connectivity index (χ1) is 8.72. The zero-order chi connectivity index (χ0) is 13.0. The largest absolute Gasteiger partial charge is 0.369 e. The van der Waals surface area contributed by atoms with Crippen LogP contribution in [0.5, 0.6) is 0 Å². The van der Waals surface area contributed by atoms with Gasteiger partial charge in [0.2, 0.25) is 0 Å². The predicted molar refractivity (Wildman–Crippen MR) is 79.3 cm³/mol. The number of aromatic nitrogens is 4. The molecule has 0 unspecified atom stereocenters. The van der Waals surface area contributed by atoms with Crippen molar-refractivity contribution in [1.29, 1.82) is 0 Å². The first-order valence-corrected chi connectivity index (χ1v) is 6.84. The van der Waals surface area contributed by atoms with Crippen LogP contribution in [0, 0.1) is 10.5 Å². The van der Waals surface area contributed by atoms with Crippen molar-refractivity contribution in [2.75, 3.05) is 11.9 Å². The smallest absolute Gasteiger partial charge is 0.182 e. The van der Waals surface area contributed by atoms with E-state index in [2.05, 4.69) is 54.8 Å². The second kappa shape index (κ2) is 6.03. The fraction of sp³-hybridized carbons (Fsp3) is 0.333. The third kappa shape index (κ3) is 2.92. The number of halogens is 1. The molecule has 0 bridgehead atoms. The van der Waals surface area contributed by atoms with E-state index >= 15 is 0 Å². The Kier molecular flexibility index (Phi) is 4.40. The Morgan fingerprint density at radius 3 is 2.78 bits per heavy atom. The second-order valence-electron chi connectivity index (χ2n) is 3.81. The SMILES string of the molecule is CCCNc1nc(-c2cnccn2)nc(C)c1I. The average Bonchev–Trinajstić information content (AvgIpc) is 2.41. The highest BCUT2D eigenvalue weighted by Crippen LogP contribution is 2.22. The van der Waals surface area contributed by atoms with Crippen molar-refractivity contribution in [3.8, 4) is 11.5 Å². The monoisotopic (exact) mass is 355 g/mol. The van der Waals surface area contributed by atoms with Crippen molar-refractivity contribution in [1.82, 2.24) is 19.9 Å². The van der Waals surface area contributed by atoms with Crippen LogP contribution in [0.15, 0.2) is 18.6 Å². The molecule has 2 rings (SSSR count). The van der Waals surface area contributed by atoms with Gasteiger partial charge >= 0.3 is 0 Å². The van der Waals surface area contributed by atoms with E-state index in [1.807, 2.05) is 6.92 Å². The van der Waals surface area contributed by atoms with Gasteiger partial charge in [-0.15, -0.1) is 0 Å². The lowest BCUT2D eigenvalue weighted by atomic mass is 10.3. The average molecular weight is 355 g/mol. The maximum absolute atomic E-state index is 4.51. The van der Waals surface area contributed by atoms with Gasteiger partial charge in [-0.3, -0.25) is 4.98 Å². The lowest BCUT2D eigenvalue weighted by Gasteiger charge is -2.10. The lowest BCUT2D eigenvalue weighted by Crippen LogP contribution is -2.08. The van der Waals surface area contributed by atoms with Crippen LogP contribution in [0.25, 0.3) is 11.5 Å². The van der Waals surface area contributed by atoms with Crippen molar-refractivity contribution in [2.45, 2.75) is 20.3 Å². The highest BCUT2D eigenvalue weighted by atomic mass is 127. The highest BCUT2D eigenvalue weighted by molar-refractivity contribution is 14.1. The Morgan fingerprint density at radius 2 is 2.11 bits per heavy atom. The Bertz CT molecular complexity index is 529. The summed E-state index contributed by atoms with van der Waals surface area (Å²) in [5.74, 6) is 1.48. The topological polar surface area (TPSA) is 63.6 Å². The van der Waals surface area contributed by atoms with Crippen molar-refractivity contribution in [3.63, 3.8) is 0 Å². The Morgan fingerprint density at radius 1 is 1.28 bits per heavy atom. The number of aryl methyl sites for hydroxylation is 1. The summed E-state index contributed by atoms with van der Waals surface area (Å²) in [5, 5.41) is 3.31. The normalized spacial score (nSPS) is 10.4. The minimum Gasteiger partial charge on any atom is -0.369 e. The molecule has 94 valence electrons. The molecule has 0 spiro atoms. The van der Waals surface area contributed by atoms with E-state index in [4.69, 9.17) is 0 Å². The van der Waals surface area contributed by atoms with Gasteiger partial charge < -0.3 is 5.32 Å². The van der Waals surface area contributed by atoms with Gasteiger partial charge in [-0.2, -0.15) is 0 Å². The summed E-state index contributed by atoms with van der Waals surface area (Å²) >= 11 is 2.26. The summed E-state index contributed by atoms with van der Waals surface area (Å²) in [5.41, 5.74) is 1.64. The van der Waals surface area contributed by atoms with Gasteiger partial charge in [-0.05, 0) is 35.9 Å². The first kappa shape index (κ1) is 13.1. The van der Waals surface area contributed by atoms with Crippen molar-refractivity contribution in [3.05, 3.63) is 27.9 Å². The standard InChI is InChI=1S/C12H14IN5/c1-3-4-16-12-10(13)8(2)17-11(18-12)9-7-14-5-6-15-9/h5-7H,3-4H2,1-2H3,(H,16,17,18). The van der Waals surface area contributed by atoms with Gasteiger partial charge in [0.05, 0.1) is 15.5 Å². The van der Waals surface area contributed by atoms with E-state index < -0.39 is 0 Å². The summed E-state index contributed by atoms with van der Waals surface area (Å²) in [4.78, 5) is 17.2. The molecular weight excluding hydrogens is 341 g/mol. The van der Waals surface area contributed by atoms with E-state index in [1.54, 1.807) is 18.6 Å². The number of hydrogen-bond acceptors (Lipinski definition) is 5. The van der Waals surface area contributed by atoms with Crippen LogP contribution in [0.3, 0.4) is 0 Å². The van der Waals surface area contributed by atoms with Crippen molar-refractivity contribution >= 4 is 28.4 Å². The van der Waals surface area contributed by atoms with Crippen LogP contribution >= 0.6 is 22.6 Å². The fourth-order valence-electron chi connectivity index (χ4n) is 1.45. The van der Waals surface area contributed by atoms with Gasteiger partial charge in [0.15, 0.2) is 5.82 Å². The molecule has 6 heteroatoms. The van der Waals surface area contributed by atoms with Gasteiger partial charge in [0.1, 0.15) is 11.5 Å². The molecule has 0 amide bonds. The zero-order valence-electron chi connectivity index (χ0n) is 10.3. The summed E-state index contributed by atoms with van der Waals surface area (Å²) in [6, 6.07) is 0. The molecule has 18 heavy (non-hydrogen) atoms. The number of nitrogens with one attached hydrogen (secondary N) is 1. The minimum absolute atomic E-state index is 0.611. The first-order valence-electron chi connectivity index (χ1n) is 5.76. The van der Waals surface area contributed by atoms with E-state index in [0.29, 0.717) is 11.5 Å². The van der Waals surface area contributed by atoms with Gasteiger partial charge in [-0.1, -0.05) is 6.92 Å². The Labute approximate surface area is 120 Å². The molecule has 0 aliphatic heterocycles. The van der Waals surface area contributed by atoms with Crippen LogP contribution < -0.4 is 5.32 Å². The molecule has 0 aromatic carbocycles. The molecule has 0 aliphatic rings. The maximum Gasteiger partial charge on any atom is 0.182 e. The molecule has 0 fully saturated rings. The van der Waals surface area contributed by atoms with E-state index in [1.165, 1.54) is 0 Å². The van der Waals surface area contributed by atoms with Gasteiger partial charge in [0.25, 0.3) is 0 Å². The summed E-state index contributed by atoms with van der Waals surface area (Å²) < 4.78 is 1.05. The van der Waals surface area contributed by atoms with Crippen LogP contribution in [-0.2, 0) is 0 Å². The van der Waals surface area contributed by atoms with Crippen LogP contribution in [-0.4, -0.2) is 26.5 Å². The predicted octanol–water partition coefficient (Wildman–Crippen LogP) is 2.67. The summed E-state index contributed by atoms with van der Waals surface area (Å²) in [6.45, 7) is 4.99. The molecular formula is C12H14IN5. The number of rotatable bonds is 4. The van der Waals surface area contributed by atoms with E-state index in [-0.39, 0.29) is 0 Å². The van der Waals surface area contributed by atoms with Crippen LogP contribution in [0.2, 0.25) is 0 Å². The minimum atomic E-state index is 0.611. The van der Waals surface area contributed by atoms with Gasteiger partial charge in [-0.25, -0.2) is 15.0 Å². The quantitative estimate of drug-likeness (QED) is 0.855. The third-order valence-corrected chi connectivity index (χ3v) is 3.64. The lowest BCUT2D eigenvalue weighted by molar-refractivity contribution is 0.956. The molecule has 5 nitrogen and oxygen atoms in total. The zero-order valence-corrected chi connectivity index (χ0v) is 12.5. The molecule has 0 radical (unpaired) electrons. The molecule has 0 aliphatic carbocycles. The number of hydrogen-bond donors (Lipinski definition) is 1. The number of anilines is 1. The highest BCUT2D eigenvalue weighted by Gasteiger charge is 2.11. The maximum atomic E-state index is 4.51. The number of nitrogens with zero attached hydrogens (tertiary/aromatic N) is 4. The molecule has 0 atom stereocenters. The van der Waals surface area contributed by atoms with E-state index in [9.17, 15) is 0 Å². The van der Waals surface area contributed by atoms with Crippen molar-refractivity contribution < 1.29 is 0 Å². The third-order valence-electron chi connectivity index (χ3n) is 2.35. The van der Waals surface area contributed by atoms with E-state index in [0.717, 1.165) is 28.0 Å². The Hall–Kier alpha value is -1.31. The Balaban J connectivity index is 2.41. The van der Waals surface area contributed by atoms with Gasteiger partial charge in [0, 0.05) is 18.9 Å². The molecule has 2 heterocycles. The summed E-state index contributed by atoms with van der Waals surface area (Å²) in [7, 11) is 0. The molecule has 2 aromatic heterocycles.